The van der Waals surface area contributed by atoms with E-state index >= 15 is 0 Å². The first kappa shape index (κ1) is 23.8. The SMILES string of the molecule is O=C(NCCOCCNc1n[n+]([O-])c2ccccc2[n+]1[O-])c1cccc2ccc(-c3ccncc3)nc12. The van der Waals surface area contributed by atoms with E-state index < -0.39 is 0 Å². The van der Waals surface area contributed by atoms with Crippen LogP contribution in [0.15, 0.2) is 79.1 Å². The minimum Gasteiger partial charge on any atom is -0.739 e. The van der Waals surface area contributed by atoms with Crippen LogP contribution in [-0.4, -0.2) is 47.3 Å². The van der Waals surface area contributed by atoms with Gasteiger partial charge in [0.25, 0.3) is 11.4 Å². The number of carbonyl (C=O) groups is 1. The highest BCUT2D eigenvalue weighted by Crippen LogP contribution is 2.22. The normalized spacial score (nSPS) is 11.0. The third-order valence-electron chi connectivity index (χ3n) is 5.69. The van der Waals surface area contributed by atoms with Gasteiger partial charge >= 0.3 is 5.95 Å². The molecule has 37 heavy (non-hydrogen) atoms. The summed E-state index contributed by atoms with van der Waals surface area (Å²) < 4.78 is 6.11. The van der Waals surface area contributed by atoms with Gasteiger partial charge in [-0.05, 0) is 30.3 Å². The van der Waals surface area contributed by atoms with Gasteiger partial charge in [0.05, 0.1) is 36.5 Å². The number of amides is 1. The first-order valence-corrected chi connectivity index (χ1v) is 11.6. The zero-order chi connectivity index (χ0) is 25.6. The summed E-state index contributed by atoms with van der Waals surface area (Å²) in [7, 11) is 0. The summed E-state index contributed by atoms with van der Waals surface area (Å²) in [5.41, 5.74) is 3.17. The number of para-hydroxylation sites is 3. The fraction of sp³-hybridized carbons (Fsp3) is 0.154. The van der Waals surface area contributed by atoms with Crippen molar-refractivity contribution in [3.05, 3.63) is 95.1 Å². The number of hydrogen-bond donors (Lipinski definition) is 2. The largest absolute Gasteiger partial charge is 0.739 e. The van der Waals surface area contributed by atoms with E-state index in [1.807, 2.05) is 36.4 Å². The fourth-order valence-corrected chi connectivity index (χ4v) is 3.88. The van der Waals surface area contributed by atoms with Gasteiger partial charge < -0.3 is 20.5 Å². The van der Waals surface area contributed by atoms with Crippen LogP contribution in [0.25, 0.3) is 33.2 Å². The third kappa shape index (κ3) is 5.21. The van der Waals surface area contributed by atoms with Crippen LogP contribution in [-0.2, 0) is 4.74 Å². The van der Waals surface area contributed by atoms with Gasteiger partial charge in [0.15, 0.2) is 5.52 Å². The molecule has 0 saturated carbocycles. The number of rotatable bonds is 9. The van der Waals surface area contributed by atoms with E-state index in [2.05, 4.69) is 20.7 Å². The Labute approximate surface area is 211 Å². The molecule has 0 radical (unpaired) electrons. The Bertz CT molecular complexity index is 1560. The lowest BCUT2D eigenvalue weighted by molar-refractivity contribution is -0.672. The highest BCUT2D eigenvalue weighted by Gasteiger charge is 2.19. The predicted molar refractivity (Wildman–Crippen MR) is 136 cm³/mol. The summed E-state index contributed by atoms with van der Waals surface area (Å²) in [4.78, 5) is 22.0. The van der Waals surface area contributed by atoms with Gasteiger partial charge in [0.1, 0.15) is 0 Å². The van der Waals surface area contributed by atoms with Gasteiger partial charge in [0.2, 0.25) is 5.10 Å². The molecule has 0 aliphatic heterocycles. The van der Waals surface area contributed by atoms with Crippen molar-refractivity contribution in [2.75, 3.05) is 31.6 Å². The van der Waals surface area contributed by atoms with E-state index in [9.17, 15) is 15.2 Å². The molecule has 0 bridgehead atoms. The van der Waals surface area contributed by atoms with E-state index in [1.54, 1.807) is 36.7 Å². The van der Waals surface area contributed by atoms with E-state index in [-0.39, 0.29) is 49.2 Å². The third-order valence-corrected chi connectivity index (χ3v) is 5.69. The maximum absolute atomic E-state index is 12.9. The average molecular weight is 498 g/mol. The van der Waals surface area contributed by atoms with Crippen molar-refractivity contribution in [3.8, 4) is 11.3 Å². The lowest BCUT2D eigenvalue weighted by Gasteiger charge is -2.10. The number of benzene rings is 2. The zero-order valence-corrected chi connectivity index (χ0v) is 19.7. The van der Waals surface area contributed by atoms with Gasteiger partial charge in [-0.1, -0.05) is 30.3 Å². The Morgan fingerprint density at radius 3 is 2.51 bits per heavy atom. The molecule has 5 aromatic rings. The van der Waals surface area contributed by atoms with E-state index in [0.717, 1.165) is 16.6 Å². The molecule has 11 nitrogen and oxygen atoms in total. The number of fused-ring (bicyclic) bond motifs is 2. The molecule has 0 aliphatic rings. The number of pyridine rings is 2. The van der Waals surface area contributed by atoms with Crippen molar-refractivity contribution >= 4 is 33.8 Å². The van der Waals surface area contributed by atoms with Crippen LogP contribution >= 0.6 is 0 Å². The number of carbonyl (C=O) groups excluding carboxylic acids is 1. The predicted octanol–water partition coefficient (Wildman–Crippen LogP) is 1.97. The number of nitrogens with zero attached hydrogens (tertiary/aromatic N) is 5. The van der Waals surface area contributed by atoms with Crippen LogP contribution in [0.4, 0.5) is 5.95 Å². The summed E-state index contributed by atoms with van der Waals surface area (Å²) in [6, 6.07) is 19.5. The molecule has 0 atom stereocenters. The molecule has 2 N–H and O–H groups in total. The quantitative estimate of drug-likeness (QED) is 0.179. The molecule has 0 fully saturated rings. The molecule has 5 rings (SSSR count). The number of nitrogens with one attached hydrogen (secondary N) is 2. The molecule has 1 amide bonds. The lowest BCUT2D eigenvalue weighted by atomic mass is 10.1. The first-order chi connectivity index (χ1) is 18.1. The average Bonchev–Trinajstić information content (AvgIpc) is 2.94. The molecule has 3 heterocycles. The van der Waals surface area contributed by atoms with Gasteiger partial charge in [-0.2, -0.15) is 0 Å². The summed E-state index contributed by atoms with van der Waals surface area (Å²) >= 11 is 0. The lowest BCUT2D eigenvalue weighted by Crippen LogP contribution is -2.44. The number of ether oxygens (including phenoxy) is 1. The molecular formula is C26H23N7O4. The Hall–Kier alpha value is -4.90. The molecule has 0 aliphatic carbocycles. The minimum absolute atomic E-state index is 0.111. The van der Waals surface area contributed by atoms with Crippen molar-refractivity contribution in [1.29, 1.82) is 0 Å². The highest BCUT2D eigenvalue weighted by molar-refractivity contribution is 6.05. The molecule has 0 unspecified atom stereocenters. The number of anilines is 1. The standard InChI is InChI=1S/C26H23N7O4/c34-25(20-5-3-4-19-8-9-21(30-24(19)20)18-10-12-27-13-11-18)28-14-16-37-17-15-29-26-31-33(36)23-7-2-1-6-22(23)32(26)35/h1-13H,14-17H2,(H,28,34)(H,29,31). The van der Waals surface area contributed by atoms with E-state index in [4.69, 9.17) is 9.72 Å². The Balaban J connectivity index is 1.13. The molecular weight excluding hydrogens is 474 g/mol. The topological polar surface area (TPSA) is 143 Å². The molecule has 11 heteroatoms. The van der Waals surface area contributed by atoms with Crippen LogP contribution in [0.3, 0.4) is 0 Å². The smallest absolute Gasteiger partial charge is 0.461 e. The van der Waals surface area contributed by atoms with Crippen molar-refractivity contribution in [2.45, 2.75) is 0 Å². The van der Waals surface area contributed by atoms with Crippen LogP contribution in [0.1, 0.15) is 10.4 Å². The van der Waals surface area contributed by atoms with Crippen LogP contribution < -0.4 is 20.2 Å². The summed E-state index contributed by atoms with van der Waals surface area (Å²) in [5.74, 6) is -0.361. The Morgan fingerprint density at radius 1 is 0.892 bits per heavy atom. The minimum atomic E-state index is -0.250. The first-order valence-electron chi connectivity index (χ1n) is 11.6. The fourth-order valence-electron chi connectivity index (χ4n) is 3.88. The summed E-state index contributed by atoms with van der Waals surface area (Å²) in [5, 5.41) is 34.6. The van der Waals surface area contributed by atoms with Crippen LogP contribution in [0.5, 0.6) is 0 Å². The van der Waals surface area contributed by atoms with Gasteiger partial charge in [-0.25, -0.2) is 9.71 Å². The second kappa shape index (κ2) is 10.8. The maximum Gasteiger partial charge on any atom is 0.461 e. The van der Waals surface area contributed by atoms with E-state index in [0.29, 0.717) is 20.7 Å². The molecule has 0 spiro atoms. The van der Waals surface area contributed by atoms with Gasteiger partial charge in [-0.3, -0.25) is 15.1 Å². The molecule has 3 aromatic heterocycles. The molecule has 0 saturated heterocycles. The Morgan fingerprint density at radius 2 is 1.68 bits per heavy atom. The highest BCUT2D eigenvalue weighted by atomic mass is 16.5. The maximum atomic E-state index is 12.9. The Kier molecular flexibility index (Phi) is 6.95. The number of aromatic nitrogens is 5. The van der Waals surface area contributed by atoms with Gasteiger partial charge in [-0.15, -0.1) is 0 Å². The monoisotopic (exact) mass is 497 g/mol. The van der Waals surface area contributed by atoms with Crippen molar-refractivity contribution in [3.63, 3.8) is 0 Å². The van der Waals surface area contributed by atoms with Crippen LogP contribution in [0, 0.1) is 10.4 Å². The second-order valence-corrected chi connectivity index (χ2v) is 8.08. The summed E-state index contributed by atoms with van der Waals surface area (Å²) in [6.45, 7) is 1.05. The van der Waals surface area contributed by atoms with E-state index in [1.165, 1.54) is 6.07 Å². The summed E-state index contributed by atoms with van der Waals surface area (Å²) in [6.07, 6.45) is 3.40. The van der Waals surface area contributed by atoms with Crippen LogP contribution in [0.2, 0.25) is 0 Å². The molecule has 2 aromatic carbocycles. The second-order valence-electron chi connectivity index (χ2n) is 8.08. The zero-order valence-electron chi connectivity index (χ0n) is 19.7. The number of hydrogen-bond acceptors (Lipinski definition) is 8. The van der Waals surface area contributed by atoms with Crippen molar-refractivity contribution in [1.82, 2.24) is 20.4 Å². The van der Waals surface area contributed by atoms with Crippen molar-refractivity contribution < 1.29 is 19.1 Å². The van der Waals surface area contributed by atoms with Crippen molar-refractivity contribution in [2.24, 2.45) is 0 Å². The molecule has 186 valence electrons. The van der Waals surface area contributed by atoms with Gasteiger partial charge in [0, 0.05) is 40.8 Å².